The average molecular weight is 370 g/mol. The Labute approximate surface area is 155 Å². The van der Waals surface area contributed by atoms with Crippen LogP contribution in [-0.2, 0) is 14.3 Å². The van der Waals surface area contributed by atoms with Crippen molar-refractivity contribution in [3.05, 3.63) is 52.0 Å². The molecule has 0 aliphatic rings. The molecule has 1 aromatic heterocycles. The number of benzene rings is 1. The Morgan fingerprint density at radius 1 is 1.35 bits per heavy atom. The molecule has 0 fully saturated rings. The molecule has 26 heavy (non-hydrogen) atoms. The molecule has 0 bridgehead atoms. The maximum absolute atomic E-state index is 12.1. The van der Waals surface area contributed by atoms with Crippen LogP contribution in [-0.4, -0.2) is 30.0 Å². The van der Waals surface area contributed by atoms with E-state index >= 15 is 0 Å². The van der Waals surface area contributed by atoms with Crippen molar-refractivity contribution in [1.29, 1.82) is 5.26 Å². The first-order valence-corrected chi connectivity index (χ1v) is 8.83. The number of esters is 1. The second-order valence-corrected chi connectivity index (χ2v) is 6.19. The van der Waals surface area contributed by atoms with Gasteiger partial charge in [0.05, 0.1) is 12.7 Å². The lowest BCUT2D eigenvalue weighted by atomic mass is 10.1. The highest BCUT2D eigenvalue weighted by Crippen LogP contribution is 2.20. The number of aromatic nitrogens is 1. The summed E-state index contributed by atoms with van der Waals surface area (Å²) >= 11 is 1.24. The molecule has 0 saturated heterocycles. The van der Waals surface area contributed by atoms with Gasteiger partial charge in [0.2, 0.25) is 0 Å². The molecule has 0 spiro atoms. The lowest BCUT2D eigenvalue weighted by Crippen LogP contribution is -2.19. The van der Waals surface area contributed by atoms with Crippen LogP contribution >= 0.6 is 11.3 Å². The van der Waals surface area contributed by atoms with Crippen molar-refractivity contribution in [2.24, 2.45) is 0 Å². The lowest BCUT2D eigenvalue weighted by molar-refractivity contribution is -0.143. The first kappa shape index (κ1) is 19.3. The zero-order valence-corrected chi connectivity index (χ0v) is 15.3. The van der Waals surface area contributed by atoms with E-state index in [1.54, 1.807) is 42.6 Å². The zero-order valence-electron chi connectivity index (χ0n) is 14.5. The lowest BCUT2D eigenvalue weighted by Gasteiger charge is -2.05. The number of Topliss-reactive ketones (excluding diaryl/α,β-unsaturated/α-hetero) is 1. The van der Waals surface area contributed by atoms with E-state index in [1.807, 2.05) is 13.0 Å². The van der Waals surface area contributed by atoms with E-state index in [1.165, 1.54) is 17.4 Å². The molecular formula is C19H18N2O4S. The molecule has 0 unspecified atom stereocenters. The highest BCUT2D eigenvalue weighted by atomic mass is 32.1. The summed E-state index contributed by atoms with van der Waals surface area (Å²) in [4.78, 5) is 28.0. The van der Waals surface area contributed by atoms with E-state index in [0.717, 1.165) is 17.0 Å². The molecule has 0 aliphatic carbocycles. The Morgan fingerprint density at radius 3 is 2.65 bits per heavy atom. The van der Waals surface area contributed by atoms with Crippen LogP contribution in [0.1, 0.15) is 29.1 Å². The van der Waals surface area contributed by atoms with Gasteiger partial charge in [0, 0.05) is 17.2 Å². The third-order valence-corrected chi connectivity index (χ3v) is 4.32. The van der Waals surface area contributed by atoms with E-state index in [2.05, 4.69) is 4.98 Å². The average Bonchev–Trinajstić information content (AvgIpc) is 3.06. The van der Waals surface area contributed by atoms with Gasteiger partial charge in [0.1, 0.15) is 10.8 Å². The number of carbonyl (C=O) groups excluding carboxylic acids is 2. The topological polar surface area (TPSA) is 89.3 Å². The first-order chi connectivity index (χ1) is 12.5. The third-order valence-electron chi connectivity index (χ3n) is 3.29. The summed E-state index contributed by atoms with van der Waals surface area (Å²) in [5.41, 5.74) is 1.54. The van der Waals surface area contributed by atoms with Crippen LogP contribution in [0.2, 0.25) is 0 Å². The SMILES string of the molecule is CCOc1ccc(/C=C/C(=O)OCC(=O)[C@H](C#N)c2nc(C)cs2)cc1. The number of hydrogen-bond acceptors (Lipinski definition) is 7. The fourth-order valence-electron chi connectivity index (χ4n) is 2.05. The van der Waals surface area contributed by atoms with Gasteiger partial charge in [-0.25, -0.2) is 9.78 Å². The molecular weight excluding hydrogens is 352 g/mol. The number of hydrogen-bond donors (Lipinski definition) is 0. The van der Waals surface area contributed by atoms with Gasteiger partial charge in [-0.1, -0.05) is 12.1 Å². The highest BCUT2D eigenvalue weighted by Gasteiger charge is 2.24. The van der Waals surface area contributed by atoms with E-state index in [4.69, 9.17) is 14.7 Å². The summed E-state index contributed by atoms with van der Waals surface area (Å²) in [7, 11) is 0. The second kappa shape index (κ2) is 9.49. The van der Waals surface area contributed by atoms with E-state index in [0.29, 0.717) is 11.6 Å². The molecule has 134 valence electrons. The molecule has 0 amide bonds. The molecule has 2 rings (SSSR count). The number of rotatable bonds is 8. The molecule has 1 aromatic carbocycles. The number of aryl methyl sites for hydroxylation is 1. The molecule has 0 radical (unpaired) electrons. The predicted molar refractivity (Wildman–Crippen MR) is 97.8 cm³/mol. The van der Waals surface area contributed by atoms with Crippen LogP contribution in [0.5, 0.6) is 5.75 Å². The summed E-state index contributed by atoms with van der Waals surface area (Å²) in [6.45, 7) is 3.80. The van der Waals surface area contributed by atoms with Crippen molar-refractivity contribution in [2.75, 3.05) is 13.2 Å². The van der Waals surface area contributed by atoms with Gasteiger partial charge in [-0.2, -0.15) is 5.26 Å². The van der Waals surface area contributed by atoms with Gasteiger partial charge in [0.15, 0.2) is 18.3 Å². The Hall–Kier alpha value is -2.98. The van der Waals surface area contributed by atoms with Gasteiger partial charge in [-0.15, -0.1) is 11.3 Å². The molecule has 0 N–H and O–H groups in total. The van der Waals surface area contributed by atoms with Crippen molar-refractivity contribution in [3.8, 4) is 11.8 Å². The molecule has 1 atom stereocenters. The summed E-state index contributed by atoms with van der Waals surface area (Å²) in [5, 5.41) is 11.3. The minimum Gasteiger partial charge on any atom is -0.494 e. The Bertz CT molecular complexity index is 834. The summed E-state index contributed by atoms with van der Waals surface area (Å²) in [6.07, 6.45) is 2.81. The minimum absolute atomic E-state index is 0.413. The van der Waals surface area contributed by atoms with E-state index in [-0.39, 0.29) is 0 Å². The van der Waals surface area contributed by atoms with Gasteiger partial charge in [0.25, 0.3) is 0 Å². The van der Waals surface area contributed by atoms with Gasteiger partial charge in [-0.3, -0.25) is 4.79 Å². The van der Waals surface area contributed by atoms with Gasteiger partial charge >= 0.3 is 5.97 Å². The fourth-order valence-corrected chi connectivity index (χ4v) is 2.91. The minimum atomic E-state index is -1.02. The van der Waals surface area contributed by atoms with E-state index < -0.39 is 24.3 Å². The smallest absolute Gasteiger partial charge is 0.331 e. The number of nitrogens with zero attached hydrogens (tertiary/aromatic N) is 2. The van der Waals surface area contributed by atoms with Crippen molar-refractivity contribution in [3.63, 3.8) is 0 Å². The molecule has 0 aliphatic heterocycles. The number of ketones is 1. The molecule has 2 aromatic rings. The molecule has 6 nitrogen and oxygen atoms in total. The van der Waals surface area contributed by atoms with Crippen LogP contribution in [0.4, 0.5) is 0 Å². The van der Waals surface area contributed by atoms with E-state index in [9.17, 15) is 9.59 Å². The highest BCUT2D eigenvalue weighted by molar-refractivity contribution is 7.09. The van der Waals surface area contributed by atoms with Gasteiger partial charge in [-0.05, 0) is 37.6 Å². The summed E-state index contributed by atoms with van der Waals surface area (Å²) < 4.78 is 10.3. The van der Waals surface area contributed by atoms with Crippen molar-refractivity contribution < 1.29 is 19.1 Å². The van der Waals surface area contributed by atoms with Crippen LogP contribution in [0.25, 0.3) is 6.08 Å². The van der Waals surface area contributed by atoms with Crippen molar-refractivity contribution in [1.82, 2.24) is 4.98 Å². The quantitative estimate of drug-likeness (QED) is 0.523. The van der Waals surface area contributed by atoms with Crippen LogP contribution in [0, 0.1) is 18.3 Å². The maximum Gasteiger partial charge on any atom is 0.331 e. The number of nitriles is 1. The molecule has 0 saturated carbocycles. The summed E-state index contributed by atoms with van der Waals surface area (Å²) in [5.74, 6) is -1.42. The normalized spacial score (nSPS) is 11.7. The maximum atomic E-state index is 12.1. The molecule has 1 heterocycles. The first-order valence-electron chi connectivity index (χ1n) is 7.95. The molecule has 7 heteroatoms. The standard InChI is InChI=1S/C19H18N2O4S/c1-3-24-15-7-4-14(5-8-15)6-9-18(23)25-11-17(22)16(10-20)19-21-13(2)12-26-19/h4-9,12,16H,3,11H2,1-2H3/b9-6+/t16-/m0/s1. The second-order valence-electron chi connectivity index (χ2n) is 5.30. The fraction of sp³-hybridized carbons (Fsp3) is 0.263. The number of thiazole rings is 1. The van der Waals surface area contributed by atoms with Gasteiger partial charge < -0.3 is 9.47 Å². The Kier molecular flexibility index (Phi) is 7.06. The predicted octanol–water partition coefficient (Wildman–Crippen LogP) is 3.28. The monoisotopic (exact) mass is 370 g/mol. The number of ether oxygens (including phenoxy) is 2. The summed E-state index contributed by atoms with van der Waals surface area (Å²) in [6, 6.07) is 9.10. The van der Waals surface area contributed by atoms with Crippen LogP contribution < -0.4 is 4.74 Å². The number of carbonyl (C=O) groups is 2. The Morgan fingerprint density at radius 2 is 2.08 bits per heavy atom. The third kappa shape index (κ3) is 5.53. The van der Waals surface area contributed by atoms with Crippen LogP contribution in [0.15, 0.2) is 35.7 Å². The van der Waals surface area contributed by atoms with Crippen molar-refractivity contribution >= 4 is 29.2 Å². The largest absolute Gasteiger partial charge is 0.494 e. The Balaban J connectivity index is 1.87. The van der Waals surface area contributed by atoms with Crippen LogP contribution in [0.3, 0.4) is 0 Å². The zero-order chi connectivity index (χ0) is 18.9. The van der Waals surface area contributed by atoms with Crippen molar-refractivity contribution in [2.45, 2.75) is 19.8 Å².